The summed E-state index contributed by atoms with van der Waals surface area (Å²) in [5.41, 5.74) is 7.19. The molecule has 0 aromatic carbocycles. The number of nitrogens with two attached hydrogens (primary N) is 1. The molecular weight excluding hydrogens is 201 g/mol. The van der Waals surface area contributed by atoms with Crippen LogP contribution >= 0.6 is 0 Å². The molecule has 0 unspecified atom stereocenters. The van der Waals surface area contributed by atoms with Crippen molar-refractivity contribution >= 4 is 18.2 Å². The van der Waals surface area contributed by atoms with Crippen LogP contribution in [0.1, 0.15) is 27.7 Å². The van der Waals surface area contributed by atoms with Gasteiger partial charge in [-0.3, -0.25) is 4.98 Å². The van der Waals surface area contributed by atoms with E-state index in [1.54, 1.807) is 12.4 Å². The standard InChI is InChI=1S/C11H18BN3O/c1-10(2)11(3,4)16-12(15-10)8-5-6-14-7-9(8)13/h5-7,15H,13H2,1-4H3. The van der Waals surface area contributed by atoms with E-state index < -0.39 is 0 Å². The molecule has 1 aromatic heterocycles. The first kappa shape index (κ1) is 11.4. The Morgan fingerprint density at radius 2 is 2.06 bits per heavy atom. The predicted octanol–water partition coefficient (Wildman–Crippen LogP) is 0.536. The lowest BCUT2D eigenvalue weighted by Gasteiger charge is -2.33. The molecule has 1 aliphatic heterocycles. The van der Waals surface area contributed by atoms with Crippen LogP contribution in [0, 0.1) is 0 Å². The van der Waals surface area contributed by atoms with E-state index in [0.29, 0.717) is 5.69 Å². The summed E-state index contributed by atoms with van der Waals surface area (Å²) in [6, 6.07) is 1.89. The topological polar surface area (TPSA) is 60.2 Å². The number of nitrogens with zero attached hydrogens (tertiary/aromatic N) is 1. The van der Waals surface area contributed by atoms with Crippen molar-refractivity contribution in [3.05, 3.63) is 18.5 Å². The van der Waals surface area contributed by atoms with Crippen LogP contribution in [0.25, 0.3) is 0 Å². The van der Waals surface area contributed by atoms with Gasteiger partial charge in [0.1, 0.15) is 0 Å². The zero-order chi connectivity index (χ0) is 12.0. The summed E-state index contributed by atoms with van der Waals surface area (Å²) >= 11 is 0. The summed E-state index contributed by atoms with van der Waals surface area (Å²) < 4.78 is 6.01. The quantitative estimate of drug-likeness (QED) is 0.676. The first-order valence-electron chi connectivity index (χ1n) is 5.48. The van der Waals surface area contributed by atoms with Crippen molar-refractivity contribution in [3.63, 3.8) is 0 Å². The number of nitrogens with one attached hydrogen (secondary N) is 1. The summed E-state index contributed by atoms with van der Waals surface area (Å²) in [6.07, 6.45) is 3.38. The van der Waals surface area contributed by atoms with Crippen molar-refractivity contribution in [1.29, 1.82) is 0 Å². The zero-order valence-corrected chi connectivity index (χ0v) is 10.2. The number of hydrogen-bond donors (Lipinski definition) is 2. The maximum Gasteiger partial charge on any atom is 0.419 e. The van der Waals surface area contributed by atoms with Crippen LogP contribution in [0.15, 0.2) is 18.5 Å². The number of anilines is 1. The summed E-state index contributed by atoms with van der Waals surface area (Å²) in [5.74, 6) is 0. The summed E-state index contributed by atoms with van der Waals surface area (Å²) in [4.78, 5) is 3.98. The van der Waals surface area contributed by atoms with Crippen LogP contribution in [0.4, 0.5) is 5.69 Å². The van der Waals surface area contributed by atoms with Crippen LogP contribution in [0.2, 0.25) is 0 Å². The third-order valence-corrected chi connectivity index (χ3v) is 3.58. The van der Waals surface area contributed by atoms with Crippen LogP contribution in [0.5, 0.6) is 0 Å². The highest BCUT2D eigenvalue weighted by Gasteiger charge is 2.50. The molecule has 0 atom stereocenters. The molecule has 1 saturated heterocycles. The average molecular weight is 219 g/mol. The lowest BCUT2D eigenvalue weighted by molar-refractivity contribution is 0.0750. The molecule has 4 nitrogen and oxygen atoms in total. The molecule has 0 saturated carbocycles. The minimum atomic E-state index is -0.229. The maximum atomic E-state index is 6.01. The number of hydrogen-bond acceptors (Lipinski definition) is 4. The van der Waals surface area contributed by atoms with Crippen molar-refractivity contribution in [2.75, 3.05) is 5.73 Å². The van der Waals surface area contributed by atoms with E-state index in [2.05, 4.69) is 37.9 Å². The van der Waals surface area contributed by atoms with Gasteiger partial charge in [-0.2, -0.15) is 0 Å². The first-order valence-corrected chi connectivity index (χ1v) is 5.48. The molecule has 0 radical (unpaired) electrons. The Hall–Kier alpha value is -1.07. The molecule has 1 fully saturated rings. The molecule has 0 spiro atoms. The third-order valence-electron chi connectivity index (χ3n) is 3.58. The molecule has 2 rings (SSSR count). The fourth-order valence-corrected chi connectivity index (χ4v) is 1.77. The zero-order valence-electron chi connectivity index (χ0n) is 10.2. The van der Waals surface area contributed by atoms with Gasteiger partial charge in [-0.25, -0.2) is 0 Å². The van der Waals surface area contributed by atoms with Gasteiger partial charge in [0.25, 0.3) is 0 Å². The molecule has 3 N–H and O–H groups in total. The third kappa shape index (κ3) is 1.70. The monoisotopic (exact) mass is 219 g/mol. The Balaban J connectivity index is 2.31. The molecule has 86 valence electrons. The molecule has 5 heteroatoms. The highest BCUT2D eigenvalue weighted by Crippen LogP contribution is 2.31. The minimum absolute atomic E-state index is 0.0899. The van der Waals surface area contributed by atoms with E-state index in [1.807, 2.05) is 6.07 Å². The number of pyridine rings is 1. The largest absolute Gasteiger partial charge is 0.419 e. The van der Waals surface area contributed by atoms with E-state index in [-0.39, 0.29) is 18.2 Å². The van der Waals surface area contributed by atoms with Gasteiger partial charge in [-0.05, 0) is 39.2 Å². The summed E-state index contributed by atoms with van der Waals surface area (Å²) in [6.45, 7) is 8.42. The van der Waals surface area contributed by atoms with Gasteiger partial charge in [0, 0.05) is 23.6 Å². The molecular formula is C11H18BN3O. The second-order valence-corrected chi connectivity index (χ2v) is 5.28. The molecule has 2 heterocycles. The van der Waals surface area contributed by atoms with Gasteiger partial charge < -0.3 is 15.6 Å². The van der Waals surface area contributed by atoms with E-state index >= 15 is 0 Å². The SMILES string of the molecule is CC1(C)NB(c2ccncc2N)OC1(C)C. The van der Waals surface area contributed by atoms with Crippen molar-refractivity contribution < 1.29 is 4.65 Å². The van der Waals surface area contributed by atoms with Crippen molar-refractivity contribution in [2.45, 2.75) is 38.8 Å². The fourth-order valence-electron chi connectivity index (χ4n) is 1.77. The van der Waals surface area contributed by atoms with Gasteiger partial charge in [-0.1, -0.05) is 0 Å². The number of nitrogen functional groups attached to an aromatic ring is 1. The van der Waals surface area contributed by atoms with Gasteiger partial charge in [0.05, 0.1) is 5.60 Å². The van der Waals surface area contributed by atoms with Gasteiger partial charge >= 0.3 is 7.05 Å². The van der Waals surface area contributed by atoms with E-state index in [0.717, 1.165) is 5.46 Å². The van der Waals surface area contributed by atoms with Gasteiger partial charge in [0.2, 0.25) is 0 Å². The molecule has 1 aromatic rings. The highest BCUT2D eigenvalue weighted by molar-refractivity contribution is 6.67. The van der Waals surface area contributed by atoms with E-state index in [4.69, 9.17) is 10.4 Å². The second-order valence-electron chi connectivity index (χ2n) is 5.28. The van der Waals surface area contributed by atoms with Crippen molar-refractivity contribution in [2.24, 2.45) is 0 Å². The Kier molecular flexibility index (Phi) is 2.47. The fraction of sp³-hybridized carbons (Fsp3) is 0.545. The first-order chi connectivity index (χ1) is 7.33. The van der Waals surface area contributed by atoms with Crippen molar-refractivity contribution in [3.8, 4) is 0 Å². The second kappa shape index (κ2) is 3.47. The molecule has 1 aliphatic rings. The number of rotatable bonds is 1. The molecule has 16 heavy (non-hydrogen) atoms. The Bertz CT molecular complexity index is 390. The van der Waals surface area contributed by atoms with Crippen LogP contribution in [-0.4, -0.2) is 23.2 Å². The minimum Gasteiger partial charge on any atom is -0.411 e. The Labute approximate surface area is 96.7 Å². The van der Waals surface area contributed by atoms with Gasteiger partial charge in [-0.15, -0.1) is 0 Å². The Morgan fingerprint density at radius 3 is 2.56 bits per heavy atom. The molecule has 0 aliphatic carbocycles. The van der Waals surface area contributed by atoms with E-state index in [9.17, 15) is 0 Å². The lowest BCUT2D eigenvalue weighted by atomic mass is 9.73. The summed E-state index contributed by atoms with van der Waals surface area (Å²) in [7, 11) is -0.159. The van der Waals surface area contributed by atoms with E-state index in [1.165, 1.54) is 0 Å². The average Bonchev–Trinajstić information content (AvgIpc) is 2.36. The smallest absolute Gasteiger partial charge is 0.411 e. The van der Waals surface area contributed by atoms with Crippen LogP contribution < -0.4 is 16.4 Å². The van der Waals surface area contributed by atoms with Crippen molar-refractivity contribution in [1.82, 2.24) is 10.2 Å². The summed E-state index contributed by atoms with van der Waals surface area (Å²) in [5, 5.41) is 3.45. The lowest BCUT2D eigenvalue weighted by Crippen LogP contribution is -2.51. The highest BCUT2D eigenvalue weighted by atomic mass is 16.5. The Morgan fingerprint density at radius 1 is 1.38 bits per heavy atom. The maximum absolute atomic E-state index is 6.01. The van der Waals surface area contributed by atoms with Crippen LogP contribution in [0.3, 0.4) is 0 Å². The normalized spacial score (nSPS) is 22.4. The number of aromatic nitrogens is 1. The van der Waals surface area contributed by atoms with Crippen LogP contribution in [-0.2, 0) is 4.65 Å². The molecule has 0 amide bonds. The van der Waals surface area contributed by atoms with Gasteiger partial charge in [0.15, 0.2) is 0 Å². The predicted molar refractivity (Wildman–Crippen MR) is 66.4 cm³/mol. The molecule has 0 bridgehead atoms.